The van der Waals surface area contributed by atoms with Gasteiger partial charge in [-0.3, -0.25) is 5.43 Å². The highest BCUT2D eigenvalue weighted by Gasteiger charge is 2.24. The third kappa shape index (κ3) is 8.20. The van der Waals surface area contributed by atoms with Gasteiger partial charge in [0.2, 0.25) is 5.96 Å². The minimum atomic E-state index is -0.253. The van der Waals surface area contributed by atoms with Crippen LogP contribution in [0.15, 0.2) is 173 Å². The van der Waals surface area contributed by atoms with Crippen molar-refractivity contribution in [3.63, 3.8) is 0 Å². The molecule has 2 atom stereocenters. The van der Waals surface area contributed by atoms with Gasteiger partial charge in [0.25, 0.3) is 0 Å². The molecule has 228 valence electrons. The summed E-state index contributed by atoms with van der Waals surface area (Å²) in [6.45, 7) is 0. The zero-order valence-corrected chi connectivity index (χ0v) is 26.5. The smallest absolute Gasteiger partial charge is 0.232 e. The maximum atomic E-state index is 5.62. The Bertz CT molecular complexity index is 1810. The number of guanidine groups is 1. The van der Waals surface area contributed by atoms with Crippen LogP contribution in [-0.2, 0) is 0 Å². The molecule has 0 saturated heterocycles. The van der Waals surface area contributed by atoms with Crippen molar-refractivity contribution in [2.24, 2.45) is 10.1 Å². The summed E-state index contributed by atoms with van der Waals surface area (Å²) in [7, 11) is 0. The van der Waals surface area contributed by atoms with Gasteiger partial charge in [0.1, 0.15) is 6.04 Å². The Morgan fingerprint density at radius 3 is 2.11 bits per heavy atom. The molecule has 0 amide bonds. The van der Waals surface area contributed by atoms with Crippen LogP contribution in [0.4, 0.5) is 11.4 Å². The van der Waals surface area contributed by atoms with Gasteiger partial charge in [-0.15, -0.1) is 11.8 Å². The second-order valence-corrected chi connectivity index (χ2v) is 11.9. The van der Waals surface area contributed by atoms with E-state index in [2.05, 4.69) is 75.5 Å². The molecule has 5 aromatic rings. The molecule has 0 spiro atoms. The average Bonchev–Trinajstić information content (AvgIpc) is 3.12. The fraction of sp³-hybridized carbons (Fsp3) is 0.0541. The number of rotatable bonds is 10. The predicted molar refractivity (Wildman–Crippen MR) is 196 cm³/mol. The number of hydrazone groups is 1. The molecular formula is C37H33N7S2. The standard InChI is InChI=1S/C37H33N7S2/c45-37(39-30-21-11-4-12-22-30)40-31-23-13-14-24-33(31)46-32(27-15-5-1-6-16-27)25-26-38-43-36-41-34(28-17-7-2-8-18-28)35(42-44-36)29-19-9-3-10-20-29/h1-26,32,34,38H,(H2,39,40,45)(H2,41,43,44). The Balaban J connectivity index is 1.15. The Morgan fingerprint density at radius 1 is 0.739 bits per heavy atom. The van der Waals surface area contributed by atoms with Gasteiger partial charge < -0.3 is 16.1 Å². The number of benzene rings is 5. The SMILES string of the molecule is S=C(Nc1ccccc1)Nc1ccccc1SC(C=CNNC1=NC(c2ccccc2)C(c2ccccc2)=NN1)c1ccccc1. The summed E-state index contributed by atoms with van der Waals surface area (Å²) < 4.78 is 0. The van der Waals surface area contributed by atoms with E-state index in [4.69, 9.17) is 22.3 Å². The molecule has 7 nitrogen and oxygen atoms in total. The Morgan fingerprint density at radius 2 is 1.37 bits per heavy atom. The Hall–Kier alpha value is -5.38. The number of hydrogen-bond donors (Lipinski definition) is 5. The second kappa shape index (κ2) is 15.6. The molecule has 9 heteroatoms. The number of para-hydroxylation sites is 2. The molecule has 0 bridgehead atoms. The van der Waals surface area contributed by atoms with Crippen LogP contribution < -0.4 is 26.9 Å². The third-order valence-electron chi connectivity index (χ3n) is 7.08. The summed E-state index contributed by atoms with van der Waals surface area (Å²) in [5.41, 5.74) is 15.4. The summed E-state index contributed by atoms with van der Waals surface area (Å²) in [6.07, 6.45) is 4.00. The molecule has 2 unspecified atom stereocenters. The zero-order valence-electron chi connectivity index (χ0n) is 24.9. The van der Waals surface area contributed by atoms with Gasteiger partial charge in [-0.1, -0.05) is 121 Å². The maximum Gasteiger partial charge on any atom is 0.232 e. The van der Waals surface area contributed by atoms with Crippen LogP contribution >= 0.6 is 24.0 Å². The van der Waals surface area contributed by atoms with E-state index in [1.807, 2.05) is 109 Å². The van der Waals surface area contributed by atoms with Crippen molar-refractivity contribution in [3.05, 3.63) is 175 Å². The molecule has 0 saturated carbocycles. The topological polar surface area (TPSA) is 84.9 Å². The molecule has 0 fully saturated rings. The molecule has 1 heterocycles. The van der Waals surface area contributed by atoms with Gasteiger partial charge in [-0.25, -0.2) is 10.4 Å². The van der Waals surface area contributed by atoms with Gasteiger partial charge >= 0.3 is 0 Å². The first-order valence-corrected chi connectivity index (χ1v) is 16.2. The first kappa shape index (κ1) is 30.6. The summed E-state index contributed by atoms with van der Waals surface area (Å²) >= 11 is 7.34. The first-order chi connectivity index (χ1) is 22.7. The molecule has 0 radical (unpaired) electrons. The summed E-state index contributed by atoms with van der Waals surface area (Å²) in [6, 6.07) is 48.5. The van der Waals surface area contributed by atoms with E-state index in [1.165, 1.54) is 5.56 Å². The van der Waals surface area contributed by atoms with Crippen molar-refractivity contribution < 1.29 is 0 Å². The highest BCUT2D eigenvalue weighted by Crippen LogP contribution is 2.40. The normalized spacial score (nSPS) is 14.7. The molecule has 46 heavy (non-hydrogen) atoms. The third-order valence-corrected chi connectivity index (χ3v) is 8.58. The van der Waals surface area contributed by atoms with Crippen LogP contribution in [0.1, 0.15) is 28.0 Å². The van der Waals surface area contributed by atoms with Gasteiger partial charge in [-0.05, 0) is 53.7 Å². The number of aliphatic imine (C=N–C) groups is 1. The van der Waals surface area contributed by atoms with E-state index in [0.717, 1.165) is 33.1 Å². The quantitative estimate of drug-likeness (QED) is 0.0601. The highest BCUT2D eigenvalue weighted by molar-refractivity contribution is 7.99. The van der Waals surface area contributed by atoms with E-state index in [1.54, 1.807) is 11.8 Å². The van der Waals surface area contributed by atoms with Crippen LogP contribution in [0.5, 0.6) is 0 Å². The van der Waals surface area contributed by atoms with Gasteiger partial charge in [0, 0.05) is 22.3 Å². The van der Waals surface area contributed by atoms with E-state index in [0.29, 0.717) is 11.1 Å². The number of thiocarbonyl (C=S) groups is 1. The second-order valence-electron chi connectivity index (χ2n) is 10.3. The van der Waals surface area contributed by atoms with Crippen molar-refractivity contribution in [3.8, 4) is 0 Å². The summed E-state index contributed by atoms with van der Waals surface area (Å²) in [5.74, 6) is 0.524. The minimum absolute atomic E-state index is 0.00938. The maximum absolute atomic E-state index is 5.62. The molecular weight excluding hydrogens is 607 g/mol. The van der Waals surface area contributed by atoms with Crippen molar-refractivity contribution in [1.82, 2.24) is 16.3 Å². The molecule has 1 aliphatic heterocycles. The lowest BCUT2D eigenvalue weighted by atomic mass is 9.97. The largest absolute Gasteiger partial charge is 0.332 e. The fourth-order valence-electron chi connectivity index (χ4n) is 4.88. The fourth-order valence-corrected chi connectivity index (χ4v) is 6.23. The van der Waals surface area contributed by atoms with E-state index in [-0.39, 0.29) is 11.3 Å². The number of hydrazine groups is 1. The lowest BCUT2D eigenvalue weighted by Crippen LogP contribution is -2.44. The Kier molecular flexibility index (Phi) is 10.4. The van der Waals surface area contributed by atoms with Crippen LogP contribution in [0.25, 0.3) is 0 Å². The number of nitrogens with zero attached hydrogens (tertiary/aromatic N) is 2. The molecule has 0 aliphatic carbocycles. The molecule has 5 aromatic carbocycles. The monoisotopic (exact) mass is 639 g/mol. The molecule has 6 rings (SSSR count). The summed E-state index contributed by atoms with van der Waals surface area (Å²) in [4.78, 5) is 6.02. The van der Waals surface area contributed by atoms with Gasteiger partial charge in [0.05, 0.1) is 16.6 Å². The zero-order chi connectivity index (χ0) is 31.4. The number of anilines is 2. The van der Waals surface area contributed by atoms with Crippen molar-refractivity contribution in [2.75, 3.05) is 10.6 Å². The molecule has 0 aromatic heterocycles. The van der Waals surface area contributed by atoms with Crippen LogP contribution in [0.2, 0.25) is 0 Å². The van der Waals surface area contributed by atoms with Crippen LogP contribution in [-0.4, -0.2) is 16.8 Å². The van der Waals surface area contributed by atoms with Gasteiger partial charge in [0.15, 0.2) is 5.11 Å². The minimum Gasteiger partial charge on any atom is -0.332 e. The van der Waals surface area contributed by atoms with Crippen molar-refractivity contribution in [2.45, 2.75) is 16.2 Å². The van der Waals surface area contributed by atoms with Crippen molar-refractivity contribution >= 4 is 52.1 Å². The predicted octanol–water partition coefficient (Wildman–Crippen LogP) is 8.04. The lowest BCUT2D eigenvalue weighted by molar-refractivity contribution is 0.735. The highest BCUT2D eigenvalue weighted by atomic mass is 32.2. The lowest BCUT2D eigenvalue weighted by Gasteiger charge is -2.23. The summed E-state index contributed by atoms with van der Waals surface area (Å²) in [5, 5.41) is 11.9. The number of hydrogen-bond acceptors (Lipinski definition) is 7. The number of thioether (sulfide) groups is 1. The van der Waals surface area contributed by atoms with Crippen LogP contribution in [0, 0.1) is 0 Å². The molecule has 5 N–H and O–H groups in total. The average molecular weight is 640 g/mol. The van der Waals surface area contributed by atoms with E-state index in [9.17, 15) is 0 Å². The number of nitrogens with one attached hydrogen (secondary N) is 5. The van der Waals surface area contributed by atoms with Gasteiger partial charge in [-0.2, -0.15) is 5.10 Å². The first-order valence-electron chi connectivity index (χ1n) is 14.9. The van der Waals surface area contributed by atoms with Crippen LogP contribution in [0.3, 0.4) is 0 Å². The van der Waals surface area contributed by atoms with E-state index < -0.39 is 0 Å². The molecule has 1 aliphatic rings. The van der Waals surface area contributed by atoms with Crippen molar-refractivity contribution in [1.29, 1.82) is 0 Å². The van der Waals surface area contributed by atoms with E-state index >= 15 is 0 Å². The Labute approximate surface area is 278 Å².